The van der Waals surface area contributed by atoms with Gasteiger partial charge in [-0.15, -0.1) is 0 Å². The number of benzene rings is 2. The van der Waals surface area contributed by atoms with E-state index in [2.05, 4.69) is 20.9 Å². The Hall–Kier alpha value is -3.13. The second kappa shape index (κ2) is 8.50. The monoisotopic (exact) mass is 384 g/mol. The van der Waals surface area contributed by atoms with Gasteiger partial charge in [-0.1, -0.05) is 30.4 Å². The summed E-state index contributed by atoms with van der Waals surface area (Å²) in [6, 6.07) is 12.3. The molecule has 0 aliphatic carbocycles. The number of ether oxygens (including phenoxy) is 1. The van der Waals surface area contributed by atoms with Crippen molar-refractivity contribution in [2.75, 3.05) is 22.6 Å². The standard InChI is InChI=1S/C19H20N4O3S/c1-3-17(24)23-19-22-14-11-12(9-10-16(14)27-19)20-18(25)21-13-7-5-6-8-15(13)26-4-2/h5-11H,3-4H2,1-2H3,(H2,20,21,25)(H,22,23,24). The van der Waals surface area contributed by atoms with E-state index >= 15 is 0 Å². The number of carbonyl (C=O) groups excluding carboxylic acids is 2. The number of carbonyl (C=O) groups is 2. The molecule has 3 aromatic rings. The van der Waals surface area contributed by atoms with Crippen LogP contribution in [0.25, 0.3) is 10.2 Å². The third-order valence-electron chi connectivity index (χ3n) is 3.65. The average molecular weight is 384 g/mol. The van der Waals surface area contributed by atoms with Gasteiger partial charge in [-0.3, -0.25) is 4.79 Å². The van der Waals surface area contributed by atoms with E-state index in [9.17, 15) is 9.59 Å². The maximum atomic E-state index is 12.3. The zero-order valence-corrected chi connectivity index (χ0v) is 15.9. The smallest absolute Gasteiger partial charge is 0.323 e. The SMILES string of the molecule is CCOc1ccccc1NC(=O)Nc1ccc2sc(NC(=O)CC)nc2c1. The fraction of sp³-hybridized carbons (Fsp3) is 0.211. The minimum atomic E-state index is -0.378. The quantitative estimate of drug-likeness (QED) is 0.575. The van der Waals surface area contributed by atoms with Crippen LogP contribution in [-0.4, -0.2) is 23.5 Å². The minimum Gasteiger partial charge on any atom is -0.492 e. The van der Waals surface area contributed by atoms with E-state index in [1.165, 1.54) is 11.3 Å². The molecule has 8 heteroatoms. The zero-order valence-electron chi connectivity index (χ0n) is 15.0. The Labute approximate surface area is 160 Å². The van der Waals surface area contributed by atoms with Crippen LogP contribution in [0.15, 0.2) is 42.5 Å². The Morgan fingerprint density at radius 1 is 1.07 bits per heavy atom. The fourth-order valence-electron chi connectivity index (χ4n) is 2.40. The number of hydrogen-bond acceptors (Lipinski definition) is 5. The van der Waals surface area contributed by atoms with Crippen molar-refractivity contribution in [2.24, 2.45) is 0 Å². The molecule has 0 bridgehead atoms. The number of rotatable bonds is 6. The lowest BCUT2D eigenvalue weighted by atomic mass is 10.3. The Kier molecular flexibility index (Phi) is 5.87. The molecule has 1 heterocycles. The highest BCUT2D eigenvalue weighted by atomic mass is 32.1. The molecule has 3 N–H and O–H groups in total. The number of hydrogen-bond donors (Lipinski definition) is 3. The molecular weight excluding hydrogens is 364 g/mol. The van der Waals surface area contributed by atoms with Crippen LogP contribution < -0.4 is 20.7 Å². The summed E-state index contributed by atoms with van der Waals surface area (Å²) in [5, 5.41) is 8.86. The number of fused-ring (bicyclic) bond motifs is 1. The van der Waals surface area contributed by atoms with Crippen molar-refractivity contribution in [2.45, 2.75) is 20.3 Å². The van der Waals surface area contributed by atoms with E-state index in [4.69, 9.17) is 4.74 Å². The van der Waals surface area contributed by atoms with Gasteiger partial charge in [-0.25, -0.2) is 9.78 Å². The molecule has 0 unspecified atom stereocenters. The van der Waals surface area contributed by atoms with Gasteiger partial charge in [0.25, 0.3) is 0 Å². The van der Waals surface area contributed by atoms with Crippen LogP contribution in [0.2, 0.25) is 0 Å². The molecule has 0 spiro atoms. The Morgan fingerprint density at radius 2 is 1.89 bits per heavy atom. The Morgan fingerprint density at radius 3 is 2.67 bits per heavy atom. The first kappa shape index (κ1) is 18.7. The summed E-state index contributed by atoms with van der Waals surface area (Å²) in [4.78, 5) is 28.2. The molecule has 7 nitrogen and oxygen atoms in total. The largest absolute Gasteiger partial charge is 0.492 e. The third-order valence-corrected chi connectivity index (χ3v) is 4.60. The maximum Gasteiger partial charge on any atom is 0.323 e. The summed E-state index contributed by atoms with van der Waals surface area (Å²) in [7, 11) is 0. The molecule has 0 saturated heterocycles. The first-order valence-electron chi connectivity index (χ1n) is 8.59. The predicted octanol–water partition coefficient (Wildman–Crippen LogP) is 4.69. The molecule has 0 radical (unpaired) electrons. The summed E-state index contributed by atoms with van der Waals surface area (Å²) in [5.74, 6) is 0.529. The molecule has 1 aromatic heterocycles. The summed E-state index contributed by atoms with van der Waals surface area (Å²) < 4.78 is 6.43. The normalized spacial score (nSPS) is 10.4. The molecule has 3 rings (SSSR count). The third kappa shape index (κ3) is 4.73. The predicted molar refractivity (Wildman–Crippen MR) is 109 cm³/mol. The van der Waals surface area contributed by atoms with Gasteiger partial charge in [0.2, 0.25) is 5.91 Å². The fourth-order valence-corrected chi connectivity index (χ4v) is 3.26. The number of nitrogens with one attached hydrogen (secondary N) is 3. The van der Waals surface area contributed by atoms with E-state index < -0.39 is 0 Å². The van der Waals surface area contributed by atoms with Crippen LogP contribution >= 0.6 is 11.3 Å². The molecule has 0 aliphatic rings. The van der Waals surface area contributed by atoms with Crippen LogP contribution in [0, 0.1) is 0 Å². The molecular formula is C19H20N4O3S. The van der Waals surface area contributed by atoms with Crippen LogP contribution in [0.3, 0.4) is 0 Å². The average Bonchev–Trinajstić information content (AvgIpc) is 3.04. The summed E-state index contributed by atoms with van der Waals surface area (Å²) in [6.45, 7) is 4.18. The van der Waals surface area contributed by atoms with Gasteiger partial charge in [0.05, 0.1) is 22.5 Å². The van der Waals surface area contributed by atoms with Crippen molar-refractivity contribution in [1.82, 2.24) is 4.98 Å². The van der Waals surface area contributed by atoms with E-state index in [-0.39, 0.29) is 11.9 Å². The molecule has 0 fully saturated rings. The highest BCUT2D eigenvalue weighted by Gasteiger charge is 2.10. The molecule has 0 aliphatic heterocycles. The van der Waals surface area contributed by atoms with Crippen molar-refractivity contribution in [1.29, 1.82) is 0 Å². The Bertz CT molecular complexity index is 970. The van der Waals surface area contributed by atoms with Gasteiger partial charge in [-0.05, 0) is 37.3 Å². The molecule has 3 amide bonds. The van der Waals surface area contributed by atoms with E-state index in [0.29, 0.717) is 40.8 Å². The molecule has 27 heavy (non-hydrogen) atoms. The van der Waals surface area contributed by atoms with Gasteiger partial charge in [0, 0.05) is 12.1 Å². The zero-order chi connectivity index (χ0) is 19.2. The van der Waals surface area contributed by atoms with Crippen LogP contribution in [0.5, 0.6) is 5.75 Å². The van der Waals surface area contributed by atoms with Gasteiger partial charge in [0.1, 0.15) is 5.75 Å². The summed E-state index contributed by atoms with van der Waals surface area (Å²) >= 11 is 1.39. The van der Waals surface area contributed by atoms with Gasteiger partial charge in [-0.2, -0.15) is 0 Å². The van der Waals surface area contributed by atoms with Crippen molar-refractivity contribution >= 4 is 50.0 Å². The first-order valence-corrected chi connectivity index (χ1v) is 9.41. The minimum absolute atomic E-state index is 0.0836. The topological polar surface area (TPSA) is 92.4 Å². The second-order valence-electron chi connectivity index (χ2n) is 5.61. The number of amides is 3. The number of urea groups is 1. The second-order valence-corrected chi connectivity index (χ2v) is 6.64. The lowest BCUT2D eigenvalue weighted by Crippen LogP contribution is -2.19. The van der Waals surface area contributed by atoms with E-state index in [0.717, 1.165) is 4.70 Å². The maximum absolute atomic E-state index is 12.3. The number of anilines is 3. The summed E-state index contributed by atoms with van der Waals surface area (Å²) in [6.07, 6.45) is 0.395. The lowest BCUT2D eigenvalue weighted by molar-refractivity contribution is -0.115. The number of nitrogens with zero attached hydrogens (tertiary/aromatic N) is 1. The van der Waals surface area contributed by atoms with Crippen molar-refractivity contribution in [3.05, 3.63) is 42.5 Å². The van der Waals surface area contributed by atoms with Crippen LogP contribution in [-0.2, 0) is 4.79 Å². The van der Waals surface area contributed by atoms with Crippen molar-refractivity contribution < 1.29 is 14.3 Å². The van der Waals surface area contributed by atoms with Crippen LogP contribution in [0.1, 0.15) is 20.3 Å². The van der Waals surface area contributed by atoms with Gasteiger partial charge in [0.15, 0.2) is 5.13 Å². The van der Waals surface area contributed by atoms with E-state index in [1.54, 1.807) is 31.2 Å². The van der Waals surface area contributed by atoms with E-state index in [1.807, 2.05) is 25.1 Å². The Balaban J connectivity index is 1.70. The number of para-hydroxylation sites is 2. The summed E-state index contributed by atoms with van der Waals surface area (Å²) in [5.41, 5.74) is 1.91. The van der Waals surface area contributed by atoms with Crippen molar-refractivity contribution in [3.63, 3.8) is 0 Å². The van der Waals surface area contributed by atoms with Crippen LogP contribution in [0.4, 0.5) is 21.3 Å². The molecule has 140 valence electrons. The molecule has 2 aromatic carbocycles. The molecule has 0 atom stereocenters. The highest BCUT2D eigenvalue weighted by molar-refractivity contribution is 7.22. The lowest BCUT2D eigenvalue weighted by Gasteiger charge is -2.12. The van der Waals surface area contributed by atoms with Gasteiger partial charge >= 0.3 is 6.03 Å². The first-order chi connectivity index (χ1) is 13.1. The number of aromatic nitrogens is 1. The number of thiazole rings is 1. The highest BCUT2D eigenvalue weighted by Crippen LogP contribution is 2.28. The van der Waals surface area contributed by atoms with Gasteiger partial charge < -0.3 is 20.7 Å². The van der Waals surface area contributed by atoms with Crippen molar-refractivity contribution in [3.8, 4) is 5.75 Å². The molecule has 0 saturated carbocycles.